The van der Waals surface area contributed by atoms with Crippen molar-refractivity contribution in [3.8, 4) is 0 Å². The number of pyridine rings is 1. The lowest BCUT2D eigenvalue weighted by atomic mass is 10.1. The molecule has 0 unspecified atom stereocenters. The van der Waals surface area contributed by atoms with Crippen LogP contribution in [0.25, 0.3) is 0 Å². The number of nitrogens with zero attached hydrogens (tertiary/aromatic N) is 1. The van der Waals surface area contributed by atoms with Gasteiger partial charge in [-0.15, -0.1) is 11.8 Å². The van der Waals surface area contributed by atoms with Crippen molar-refractivity contribution in [1.29, 1.82) is 0 Å². The molecule has 0 fully saturated rings. The molecule has 0 aliphatic rings. The fraction of sp³-hybridized carbons (Fsp3) is 0.0769. The summed E-state index contributed by atoms with van der Waals surface area (Å²) in [5.74, 6) is -1.22. The summed E-state index contributed by atoms with van der Waals surface area (Å²) in [6.07, 6.45) is 1.67. The molecule has 0 amide bonds. The molecule has 0 saturated heterocycles. The van der Waals surface area contributed by atoms with Crippen molar-refractivity contribution in [2.45, 2.75) is 10.8 Å². The van der Waals surface area contributed by atoms with Crippen LogP contribution in [0.3, 0.4) is 0 Å². The maximum absolute atomic E-state index is 13.0. The van der Waals surface area contributed by atoms with E-state index in [0.29, 0.717) is 11.3 Å². The molecule has 2 rings (SSSR count). The number of carboxylic acids is 1. The molecule has 1 heterocycles. The highest BCUT2D eigenvalue weighted by Crippen LogP contribution is 2.23. The lowest BCUT2D eigenvalue weighted by Gasteiger charge is -2.05. The molecular weight excluding hydrogens is 253 g/mol. The molecule has 1 N–H and O–H groups in total. The lowest BCUT2D eigenvalue weighted by Crippen LogP contribution is -2.02. The second-order valence-corrected chi connectivity index (χ2v) is 4.56. The molecule has 0 aliphatic carbocycles. The summed E-state index contributed by atoms with van der Waals surface area (Å²) in [5.41, 5.74) is 0.581. The number of thioether (sulfide) groups is 1. The van der Waals surface area contributed by atoms with E-state index in [1.54, 1.807) is 6.20 Å². The number of aromatic nitrogens is 1. The fourth-order valence-electron chi connectivity index (χ4n) is 1.46. The van der Waals surface area contributed by atoms with E-state index in [0.717, 1.165) is 11.1 Å². The Balaban J connectivity index is 2.17. The first kappa shape index (κ1) is 12.6. The average molecular weight is 263 g/mol. The summed E-state index contributed by atoms with van der Waals surface area (Å²) < 4.78 is 13.0. The molecule has 0 saturated carbocycles. The van der Waals surface area contributed by atoms with Crippen LogP contribution in [-0.2, 0) is 5.75 Å². The van der Waals surface area contributed by atoms with Crippen LogP contribution in [0.5, 0.6) is 0 Å². The van der Waals surface area contributed by atoms with E-state index in [1.165, 1.54) is 23.9 Å². The Morgan fingerprint density at radius 2 is 2.17 bits per heavy atom. The average Bonchev–Trinajstić information content (AvgIpc) is 2.38. The van der Waals surface area contributed by atoms with Crippen LogP contribution in [0.2, 0.25) is 0 Å². The molecule has 2 aromatic rings. The Labute approximate surface area is 108 Å². The van der Waals surface area contributed by atoms with Gasteiger partial charge in [0.05, 0.1) is 10.6 Å². The van der Waals surface area contributed by atoms with E-state index in [-0.39, 0.29) is 5.56 Å². The van der Waals surface area contributed by atoms with Crippen LogP contribution >= 0.6 is 11.8 Å². The molecule has 0 bridgehead atoms. The maximum atomic E-state index is 13.0. The Bertz CT molecular complexity index is 560. The minimum Gasteiger partial charge on any atom is -0.478 e. The molecule has 1 aromatic carbocycles. The van der Waals surface area contributed by atoms with Crippen LogP contribution in [0.4, 0.5) is 4.39 Å². The van der Waals surface area contributed by atoms with E-state index >= 15 is 0 Å². The van der Waals surface area contributed by atoms with Crippen LogP contribution in [0.15, 0.2) is 47.6 Å². The van der Waals surface area contributed by atoms with E-state index in [2.05, 4.69) is 4.98 Å². The van der Waals surface area contributed by atoms with Crippen LogP contribution in [0.1, 0.15) is 15.9 Å². The van der Waals surface area contributed by atoms with Crippen molar-refractivity contribution in [2.24, 2.45) is 0 Å². The Morgan fingerprint density at radius 3 is 2.83 bits per heavy atom. The molecule has 0 radical (unpaired) electrons. The van der Waals surface area contributed by atoms with Gasteiger partial charge in [0, 0.05) is 11.9 Å². The largest absolute Gasteiger partial charge is 0.478 e. The number of benzene rings is 1. The number of aromatic carboxylic acids is 1. The van der Waals surface area contributed by atoms with Crippen molar-refractivity contribution < 1.29 is 14.3 Å². The number of hydrogen-bond acceptors (Lipinski definition) is 3. The van der Waals surface area contributed by atoms with Gasteiger partial charge < -0.3 is 5.11 Å². The Hall–Kier alpha value is -1.88. The van der Waals surface area contributed by atoms with Crippen LogP contribution in [-0.4, -0.2) is 16.1 Å². The van der Waals surface area contributed by atoms with Gasteiger partial charge in [0.2, 0.25) is 0 Å². The van der Waals surface area contributed by atoms with Gasteiger partial charge in [0.1, 0.15) is 5.82 Å². The smallest absolute Gasteiger partial charge is 0.336 e. The molecule has 5 heteroatoms. The van der Waals surface area contributed by atoms with Gasteiger partial charge in [0.15, 0.2) is 0 Å². The van der Waals surface area contributed by atoms with Gasteiger partial charge in [-0.05, 0) is 29.8 Å². The van der Waals surface area contributed by atoms with Crippen molar-refractivity contribution in [3.63, 3.8) is 0 Å². The second kappa shape index (κ2) is 5.64. The quantitative estimate of drug-likeness (QED) is 0.860. The Morgan fingerprint density at radius 1 is 1.33 bits per heavy atom. The third-order valence-electron chi connectivity index (χ3n) is 2.32. The summed E-state index contributed by atoms with van der Waals surface area (Å²) in [6.45, 7) is 0. The zero-order valence-electron chi connectivity index (χ0n) is 9.34. The van der Waals surface area contributed by atoms with Crippen molar-refractivity contribution >= 4 is 17.7 Å². The minimum absolute atomic E-state index is 0.00145. The number of carboxylic acid groups (broad SMARTS) is 1. The minimum atomic E-state index is -1.12. The molecule has 0 atom stereocenters. The number of halogens is 1. The third kappa shape index (κ3) is 3.07. The van der Waals surface area contributed by atoms with E-state index in [9.17, 15) is 9.18 Å². The van der Waals surface area contributed by atoms with Gasteiger partial charge >= 0.3 is 5.97 Å². The monoisotopic (exact) mass is 263 g/mol. The molecule has 18 heavy (non-hydrogen) atoms. The van der Waals surface area contributed by atoms with Gasteiger partial charge in [-0.25, -0.2) is 14.2 Å². The van der Waals surface area contributed by atoms with Gasteiger partial charge in [-0.3, -0.25) is 0 Å². The predicted molar refractivity (Wildman–Crippen MR) is 67.2 cm³/mol. The van der Waals surface area contributed by atoms with Crippen molar-refractivity contribution in [1.82, 2.24) is 4.98 Å². The number of rotatable bonds is 4. The first-order valence-electron chi connectivity index (χ1n) is 5.22. The second-order valence-electron chi connectivity index (χ2n) is 3.56. The third-order valence-corrected chi connectivity index (χ3v) is 3.31. The Kier molecular flexibility index (Phi) is 3.94. The first-order chi connectivity index (χ1) is 8.66. The predicted octanol–water partition coefficient (Wildman–Crippen LogP) is 3.21. The molecule has 92 valence electrons. The molecular formula is C13H10FNO2S. The van der Waals surface area contributed by atoms with Gasteiger partial charge in [0.25, 0.3) is 0 Å². The SMILES string of the molecule is O=C(O)c1cc(F)ccc1CSc1ccccn1. The molecule has 0 spiro atoms. The van der Waals surface area contributed by atoms with Crippen LogP contribution in [0, 0.1) is 5.82 Å². The maximum Gasteiger partial charge on any atom is 0.336 e. The van der Waals surface area contributed by atoms with Crippen molar-refractivity contribution in [3.05, 3.63) is 59.5 Å². The highest BCUT2D eigenvalue weighted by atomic mass is 32.2. The topological polar surface area (TPSA) is 50.2 Å². The zero-order chi connectivity index (χ0) is 13.0. The molecule has 3 nitrogen and oxygen atoms in total. The van der Waals surface area contributed by atoms with Gasteiger partial charge in [-0.2, -0.15) is 0 Å². The normalized spacial score (nSPS) is 10.3. The molecule has 0 aliphatic heterocycles. The summed E-state index contributed by atoms with van der Waals surface area (Å²) in [4.78, 5) is 15.1. The highest BCUT2D eigenvalue weighted by Gasteiger charge is 2.11. The standard InChI is InChI=1S/C13H10FNO2S/c14-10-5-4-9(11(7-10)13(16)17)8-18-12-3-1-2-6-15-12/h1-7H,8H2,(H,16,17). The van der Waals surface area contributed by atoms with E-state index in [4.69, 9.17) is 5.11 Å². The van der Waals surface area contributed by atoms with Crippen molar-refractivity contribution in [2.75, 3.05) is 0 Å². The highest BCUT2D eigenvalue weighted by molar-refractivity contribution is 7.98. The summed E-state index contributed by atoms with van der Waals surface area (Å²) in [7, 11) is 0. The van der Waals surface area contributed by atoms with E-state index in [1.807, 2.05) is 18.2 Å². The summed E-state index contributed by atoms with van der Waals surface area (Å²) in [5, 5.41) is 9.80. The number of carbonyl (C=O) groups is 1. The fourth-order valence-corrected chi connectivity index (χ4v) is 2.32. The summed E-state index contributed by atoms with van der Waals surface area (Å²) >= 11 is 1.41. The summed E-state index contributed by atoms with van der Waals surface area (Å²) in [6, 6.07) is 9.31. The zero-order valence-corrected chi connectivity index (χ0v) is 10.2. The number of hydrogen-bond donors (Lipinski definition) is 1. The van der Waals surface area contributed by atoms with Gasteiger partial charge in [-0.1, -0.05) is 12.1 Å². The van der Waals surface area contributed by atoms with E-state index < -0.39 is 11.8 Å². The molecule has 1 aromatic heterocycles. The first-order valence-corrected chi connectivity index (χ1v) is 6.21. The van der Waals surface area contributed by atoms with Crippen LogP contribution < -0.4 is 0 Å². The lowest BCUT2D eigenvalue weighted by molar-refractivity contribution is 0.0695.